The second kappa shape index (κ2) is 4.86. The third-order valence-electron chi connectivity index (χ3n) is 3.45. The van der Waals surface area contributed by atoms with E-state index in [-0.39, 0.29) is 0 Å². The first-order valence-corrected chi connectivity index (χ1v) is 7.37. The van der Waals surface area contributed by atoms with Crippen molar-refractivity contribution in [2.45, 2.75) is 27.3 Å². The van der Waals surface area contributed by atoms with Gasteiger partial charge in [0.25, 0.3) is 0 Å². The van der Waals surface area contributed by atoms with E-state index in [1.807, 2.05) is 13.8 Å². The molecular weight excluding hydrogens is 270 g/mol. The first-order valence-electron chi connectivity index (χ1n) is 6.49. The monoisotopic (exact) mass is 287 g/mol. The van der Waals surface area contributed by atoms with E-state index in [0.717, 1.165) is 39.8 Å². The van der Waals surface area contributed by atoms with Gasteiger partial charge in [0, 0.05) is 24.8 Å². The van der Waals surface area contributed by atoms with Crippen molar-refractivity contribution in [2.24, 2.45) is 0 Å². The zero-order valence-electron chi connectivity index (χ0n) is 12.1. The third kappa shape index (κ3) is 2.16. The molecule has 0 radical (unpaired) electrons. The summed E-state index contributed by atoms with van der Waals surface area (Å²) in [6.45, 7) is 6.80. The number of hydrogen-bond acceptors (Lipinski definition) is 5. The van der Waals surface area contributed by atoms with Crippen LogP contribution in [0.5, 0.6) is 0 Å². The van der Waals surface area contributed by atoms with Gasteiger partial charge in [-0.1, -0.05) is 0 Å². The maximum Gasteiger partial charge on any atom is 0.141 e. The first kappa shape index (κ1) is 13.1. The van der Waals surface area contributed by atoms with Gasteiger partial charge >= 0.3 is 0 Å². The molecule has 6 heteroatoms. The second-order valence-electron chi connectivity index (χ2n) is 5.00. The Labute approximate surface area is 121 Å². The van der Waals surface area contributed by atoms with Crippen LogP contribution in [0.1, 0.15) is 22.8 Å². The minimum atomic E-state index is 0.787. The Bertz CT molecular complexity index is 739. The predicted molar refractivity (Wildman–Crippen MR) is 82.3 cm³/mol. The van der Waals surface area contributed by atoms with Crippen LogP contribution in [-0.2, 0) is 6.54 Å². The molecule has 0 aromatic carbocycles. The minimum Gasteiger partial charge on any atom is -0.355 e. The van der Waals surface area contributed by atoms with Crippen LogP contribution in [0.25, 0.3) is 10.2 Å². The molecule has 5 nitrogen and oxygen atoms in total. The fourth-order valence-corrected chi connectivity index (χ4v) is 3.16. The Hall–Kier alpha value is -1.95. The molecule has 0 unspecified atom stereocenters. The number of aromatic amines is 1. The van der Waals surface area contributed by atoms with E-state index in [2.05, 4.69) is 50.5 Å². The van der Waals surface area contributed by atoms with E-state index in [4.69, 9.17) is 0 Å². The van der Waals surface area contributed by atoms with E-state index in [1.165, 1.54) is 5.56 Å². The first-order chi connectivity index (χ1) is 9.56. The standard InChI is InChI=1S/C14H17N5S/c1-8-12(9(2)18-17-8)7-19(4)13-11-5-6-20-14(11)16-10(3)15-13/h5-6H,7H2,1-4H3,(H,17,18). The van der Waals surface area contributed by atoms with Crippen molar-refractivity contribution in [1.29, 1.82) is 0 Å². The topological polar surface area (TPSA) is 57.7 Å². The summed E-state index contributed by atoms with van der Waals surface area (Å²) in [5, 5.41) is 10.5. The molecular formula is C14H17N5S. The molecule has 3 aromatic rings. The molecule has 0 amide bonds. The van der Waals surface area contributed by atoms with Crippen LogP contribution in [0.2, 0.25) is 0 Å². The SMILES string of the molecule is Cc1nc(N(C)Cc2c(C)n[nH]c2C)c2ccsc2n1. The van der Waals surface area contributed by atoms with Crippen LogP contribution in [0.3, 0.4) is 0 Å². The molecule has 0 aliphatic rings. The van der Waals surface area contributed by atoms with E-state index in [1.54, 1.807) is 11.3 Å². The molecule has 1 N–H and O–H groups in total. The van der Waals surface area contributed by atoms with Crippen molar-refractivity contribution < 1.29 is 0 Å². The summed E-state index contributed by atoms with van der Waals surface area (Å²) in [6, 6.07) is 2.08. The quantitative estimate of drug-likeness (QED) is 0.804. The highest BCUT2D eigenvalue weighted by Crippen LogP contribution is 2.28. The molecule has 0 saturated carbocycles. The maximum absolute atomic E-state index is 4.60. The zero-order chi connectivity index (χ0) is 14.3. The summed E-state index contributed by atoms with van der Waals surface area (Å²) in [6.07, 6.45) is 0. The maximum atomic E-state index is 4.60. The molecule has 3 aromatic heterocycles. The summed E-state index contributed by atoms with van der Waals surface area (Å²) in [7, 11) is 2.06. The number of anilines is 1. The number of aryl methyl sites for hydroxylation is 3. The third-order valence-corrected chi connectivity index (χ3v) is 4.26. The Morgan fingerprint density at radius 3 is 2.75 bits per heavy atom. The molecule has 104 valence electrons. The van der Waals surface area contributed by atoms with Crippen molar-refractivity contribution in [3.05, 3.63) is 34.2 Å². The highest BCUT2D eigenvalue weighted by atomic mass is 32.1. The lowest BCUT2D eigenvalue weighted by molar-refractivity contribution is 0.879. The van der Waals surface area contributed by atoms with Crippen LogP contribution in [0, 0.1) is 20.8 Å². The predicted octanol–water partition coefficient (Wildman–Crippen LogP) is 2.98. The molecule has 3 heterocycles. The number of fused-ring (bicyclic) bond motifs is 1. The molecule has 0 bridgehead atoms. The van der Waals surface area contributed by atoms with Gasteiger partial charge in [0.05, 0.1) is 11.1 Å². The minimum absolute atomic E-state index is 0.787. The number of aromatic nitrogens is 4. The highest BCUT2D eigenvalue weighted by Gasteiger charge is 2.14. The number of rotatable bonds is 3. The van der Waals surface area contributed by atoms with Gasteiger partial charge in [-0.15, -0.1) is 11.3 Å². The van der Waals surface area contributed by atoms with Gasteiger partial charge in [-0.2, -0.15) is 5.10 Å². The lowest BCUT2D eigenvalue weighted by Gasteiger charge is -2.19. The van der Waals surface area contributed by atoms with Crippen molar-refractivity contribution in [3.63, 3.8) is 0 Å². The number of H-pyrrole nitrogens is 1. The molecule has 0 fully saturated rings. The van der Waals surface area contributed by atoms with Crippen LogP contribution in [0.15, 0.2) is 11.4 Å². The smallest absolute Gasteiger partial charge is 0.141 e. The Morgan fingerprint density at radius 2 is 2.05 bits per heavy atom. The van der Waals surface area contributed by atoms with Gasteiger partial charge < -0.3 is 4.90 Å². The largest absolute Gasteiger partial charge is 0.355 e. The average molecular weight is 287 g/mol. The average Bonchev–Trinajstić information content (AvgIpc) is 2.99. The normalized spacial score (nSPS) is 11.2. The second-order valence-corrected chi connectivity index (χ2v) is 5.90. The number of nitrogens with zero attached hydrogens (tertiary/aromatic N) is 4. The van der Waals surface area contributed by atoms with Gasteiger partial charge in [-0.05, 0) is 32.2 Å². The summed E-state index contributed by atoms with van der Waals surface area (Å²) in [4.78, 5) is 12.3. The van der Waals surface area contributed by atoms with Gasteiger partial charge in [-0.3, -0.25) is 5.10 Å². The lowest BCUT2D eigenvalue weighted by atomic mass is 10.2. The molecule has 0 aliphatic carbocycles. The number of nitrogens with one attached hydrogen (secondary N) is 1. The van der Waals surface area contributed by atoms with Gasteiger partial charge in [0.15, 0.2) is 0 Å². The zero-order valence-corrected chi connectivity index (χ0v) is 12.9. The van der Waals surface area contributed by atoms with Crippen molar-refractivity contribution in [2.75, 3.05) is 11.9 Å². The van der Waals surface area contributed by atoms with Crippen molar-refractivity contribution >= 4 is 27.4 Å². The molecule has 20 heavy (non-hydrogen) atoms. The van der Waals surface area contributed by atoms with Crippen molar-refractivity contribution in [3.8, 4) is 0 Å². The number of thiophene rings is 1. The Balaban J connectivity index is 2.00. The summed E-state index contributed by atoms with van der Waals surface area (Å²) in [5.74, 6) is 1.79. The highest BCUT2D eigenvalue weighted by molar-refractivity contribution is 7.16. The van der Waals surface area contributed by atoms with Gasteiger partial charge in [-0.25, -0.2) is 9.97 Å². The van der Waals surface area contributed by atoms with Crippen LogP contribution < -0.4 is 4.90 Å². The van der Waals surface area contributed by atoms with Crippen LogP contribution >= 0.6 is 11.3 Å². The van der Waals surface area contributed by atoms with Crippen LogP contribution in [-0.4, -0.2) is 27.2 Å². The van der Waals surface area contributed by atoms with E-state index < -0.39 is 0 Å². The Kier molecular flexibility index (Phi) is 3.17. The van der Waals surface area contributed by atoms with E-state index in [9.17, 15) is 0 Å². The summed E-state index contributed by atoms with van der Waals surface area (Å²) < 4.78 is 0. The molecule has 0 atom stereocenters. The summed E-state index contributed by atoms with van der Waals surface area (Å²) in [5.41, 5.74) is 3.38. The molecule has 0 spiro atoms. The molecule has 0 aliphatic heterocycles. The summed E-state index contributed by atoms with van der Waals surface area (Å²) >= 11 is 1.65. The number of hydrogen-bond donors (Lipinski definition) is 1. The fraction of sp³-hybridized carbons (Fsp3) is 0.357. The van der Waals surface area contributed by atoms with Gasteiger partial charge in [0.1, 0.15) is 16.5 Å². The van der Waals surface area contributed by atoms with E-state index >= 15 is 0 Å². The fourth-order valence-electron chi connectivity index (χ4n) is 2.35. The lowest BCUT2D eigenvalue weighted by Crippen LogP contribution is -2.19. The van der Waals surface area contributed by atoms with Crippen molar-refractivity contribution in [1.82, 2.24) is 20.2 Å². The van der Waals surface area contributed by atoms with E-state index in [0.29, 0.717) is 0 Å². The van der Waals surface area contributed by atoms with Crippen LogP contribution in [0.4, 0.5) is 5.82 Å². The Morgan fingerprint density at radius 1 is 1.25 bits per heavy atom. The molecule has 3 rings (SSSR count). The van der Waals surface area contributed by atoms with Gasteiger partial charge in [0.2, 0.25) is 0 Å². The molecule has 0 saturated heterocycles.